The Morgan fingerprint density at radius 3 is 2.70 bits per heavy atom. The predicted molar refractivity (Wildman–Crippen MR) is 86.1 cm³/mol. The molecule has 0 aliphatic carbocycles. The Morgan fingerprint density at radius 1 is 1.35 bits per heavy atom. The van der Waals surface area contributed by atoms with E-state index in [9.17, 15) is 20.0 Å². The highest BCUT2D eigenvalue weighted by molar-refractivity contribution is 6.31. The van der Waals surface area contributed by atoms with Crippen molar-refractivity contribution < 1.29 is 19.6 Å². The molecule has 2 aromatic carbocycles. The quantitative estimate of drug-likeness (QED) is 0.388. The second-order valence-corrected chi connectivity index (χ2v) is 4.99. The highest BCUT2D eigenvalue weighted by atomic mass is 35.5. The highest BCUT2D eigenvalue weighted by Gasteiger charge is 2.19. The summed E-state index contributed by atoms with van der Waals surface area (Å²) in [6.45, 7) is 0. The third kappa shape index (κ3) is 3.87. The van der Waals surface area contributed by atoms with Gasteiger partial charge in [0.2, 0.25) is 5.75 Å². The van der Waals surface area contributed by atoms with Gasteiger partial charge in [0.05, 0.1) is 12.0 Å². The summed E-state index contributed by atoms with van der Waals surface area (Å²) in [5.74, 6) is -0.910. The molecule has 0 aromatic heterocycles. The zero-order chi connectivity index (χ0) is 17.0. The second-order valence-electron chi connectivity index (χ2n) is 4.56. The lowest BCUT2D eigenvalue weighted by Crippen LogP contribution is -1.95. The summed E-state index contributed by atoms with van der Waals surface area (Å²) < 4.78 is 4.89. The molecule has 0 unspecified atom stereocenters. The van der Waals surface area contributed by atoms with Crippen molar-refractivity contribution in [2.24, 2.45) is 0 Å². The zero-order valence-electron chi connectivity index (χ0n) is 12.0. The molecule has 0 saturated heterocycles. The van der Waals surface area contributed by atoms with E-state index in [0.29, 0.717) is 16.1 Å². The molecule has 0 aliphatic rings. The number of carbonyl (C=O) groups is 1. The number of phenolic OH excluding ortho intramolecular Hbond substituents is 1. The van der Waals surface area contributed by atoms with Crippen LogP contribution in [0.3, 0.4) is 0 Å². The Kier molecular flexibility index (Phi) is 4.98. The van der Waals surface area contributed by atoms with E-state index in [-0.39, 0.29) is 11.5 Å². The topological polar surface area (TPSA) is 89.7 Å². The van der Waals surface area contributed by atoms with Crippen LogP contribution in [0.15, 0.2) is 42.5 Å². The van der Waals surface area contributed by atoms with Gasteiger partial charge in [-0.25, -0.2) is 0 Å². The lowest BCUT2D eigenvalue weighted by Gasteiger charge is -2.05. The maximum Gasteiger partial charge on any atom is 0.315 e. The van der Waals surface area contributed by atoms with Crippen molar-refractivity contribution in [3.8, 4) is 11.5 Å². The molecule has 2 rings (SSSR count). The van der Waals surface area contributed by atoms with Crippen LogP contribution in [0.2, 0.25) is 5.02 Å². The summed E-state index contributed by atoms with van der Waals surface area (Å²) in [6, 6.07) is 8.98. The smallest absolute Gasteiger partial charge is 0.315 e. The number of methoxy groups -OCH3 is 1. The minimum Gasteiger partial charge on any atom is -0.500 e. The Bertz CT molecular complexity index is 801. The lowest BCUT2D eigenvalue weighted by molar-refractivity contribution is -0.386. The highest BCUT2D eigenvalue weighted by Crippen LogP contribution is 2.37. The van der Waals surface area contributed by atoms with Crippen molar-refractivity contribution in [1.29, 1.82) is 0 Å². The number of ketones is 1. The fourth-order valence-electron chi connectivity index (χ4n) is 1.91. The summed E-state index contributed by atoms with van der Waals surface area (Å²) in [5.41, 5.74) is 0.245. The van der Waals surface area contributed by atoms with Crippen LogP contribution < -0.4 is 4.74 Å². The number of aromatic hydroxyl groups is 1. The third-order valence-electron chi connectivity index (χ3n) is 3.03. The number of ether oxygens (including phenoxy) is 1. The standard InChI is InChI=1S/C16H12ClNO5/c1-23-15-8-10(7-13(16(15)20)18(21)22)5-6-14(19)11-3-2-4-12(17)9-11/h2-9,20H,1H3/b6-5+. The van der Waals surface area contributed by atoms with Crippen LogP contribution >= 0.6 is 11.6 Å². The number of nitro benzene ring substituents is 1. The molecule has 0 fully saturated rings. The lowest BCUT2D eigenvalue weighted by atomic mass is 10.1. The van der Waals surface area contributed by atoms with Gasteiger partial charge < -0.3 is 9.84 Å². The number of nitrogens with zero attached hydrogens (tertiary/aromatic N) is 1. The summed E-state index contributed by atoms with van der Waals surface area (Å²) in [5, 5.41) is 21.1. The van der Waals surface area contributed by atoms with E-state index in [1.165, 1.54) is 31.4 Å². The molecule has 0 amide bonds. The Hall–Kier alpha value is -2.86. The third-order valence-corrected chi connectivity index (χ3v) is 3.27. The number of halogens is 1. The molecule has 0 bridgehead atoms. The van der Waals surface area contributed by atoms with Crippen LogP contribution in [0.25, 0.3) is 6.08 Å². The molecule has 0 aliphatic heterocycles. The summed E-state index contributed by atoms with van der Waals surface area (Å²) in [7, 11) is 1.28. The van der Waals surface area contributed by atoms with E-state index in [0.717, 1.165) is 6.07 Å². The normalized spacial score (nSPS) is 10.7. The number of hydrogen-bond donors (Lipinski definition) is 1. The molecular weight excluding hydrogens is 322 g/mol. The number of nitro groups is 1. The van der Waals surface area contributed by atoms with Gasteiger partial charge in [-0.15, -0.1) is 0 Å². The van der Waals surface area contributed by atoms with E-state index in [1.54, 1.807) is 18.2 Å². The van der Waals surface area contributed by atoms with Crippen LogP contribution in [0.4, 0.5) is 5.69 Å². The molecule has 23 heavy (non-hydrogen) atoms. The van der Waals surface area contributed by atoms with Gasteiger partial charge in [-0.3, -0.25) is 14.9 Å². The average molecular weight is 334 g/mol. The van der Waals surface area contributed by atoms with Crippen LogP contribution in [0.1, 0.15) is 15.9 Å². The first-order valence-corrected chi connectivity index (χ1v) is 6.83. The Balaban J connectivity index is 2.34. The molecule has 0 spiro atoms. The monoisotopic (exact) mass is 333 g/mol. The van der Waals surface area contributed by atoms with Gasteiger partial charge in [0.1, 0.15) is 0 Å². The molecular formula is C16H12ClNO5. The zero-order valence-corrected chi connectivity index (χ0v) is 12.8. The fraction of sp³-hybridized carbons (Fsp3) is 0.0625. The van der Waals surface area contributed by atoms with Gasteiger partial charge in [-0.05, 0) is 29.8 Å². The average Bonchev–Trinajstić information content (AvgIpc) is 2.53. The first-order valence-electron chi connectivity index (χ1n) is 6.45. The number of hydrogen-bond acceptors (Lipinski definition) is 5. The van der Waals surface area contributed by atoms with Crippen molar-refractivity contribution in [2.75, 3.05) is 7.11 Å². The number of allylic oxidation sites excluding steroid dienone is 1. The van der Waals surface area contributed by atoms with Crippen LogP contribution in [-0.4, -0.2) is 22.9 Å². The molecule has 7 heteroatoms. The van der Waals surface area contributed by atoms with Gasteiger partial charge in [-0.1, -0.05) is 29.8 Å². The van der Waals surface area contributed by atoms with Crippen molar-refractivity contribution in [3.05, 3.63) is 68.7 Å². The number of rotatable bonds is 5. The van der Waals surface area contributed by atoms with E-state index in [2.05, 4.69) is 0 Å². The molecule has 6 nitrogen and oxygen atoms in total. The Morgan fingerprint density at radius 2 is 2.09 bits per heavy atom. The molecule has 118 valence electrons. The fourth-order valence-corrected chi connectivity index (χ4v) is 2.11. The van der Waals surface area contributed by atoms with Gasteiger partial charge >= 0.3 is 5.69 Å². The van der Waals surface area contributed by atoms with Crippen molar-refractivity contribution >= 4 is 29.1 Å². The van der Waals surface area contributed by atoms with Crippen LogP contribution in [-0.2, 0) is 0 Å². The van der Waals surface area contributed by atoms with Gasteiger partial charge in [-0.2, -0.15) is 0 Å². The molecule has 2 aromatic rings. The number of carbonyl (C=O) groups excluding carboxylic acids is 1. The van der Waals surface area contributed by atoms with E-state index < -0.39 is 16.4 Å². The van der Waals surface area contributed by atoms with E-state index in [1.807, 2.05) is 0 Å². The van der Waals surface area contributed by atoms with Crippen molar-refractivity contribution in [3.63, 3.8) is 0 Å². The molecule has 0 radical (unpaired) electrons. The predicted octanol–water partition coefficient (Wildman–Crippen LogP) is 3.86. The molecule has 1 N–H and O–H groups in total. The minimum atomic E-state index is -0.728. The minimum absolute atomic E-state index is 0.0472. The summed E-state index contributed by atoms with van der Waals surface area (Å²) in [4.78, 5) is 22.2. The molecule has 0 saturated carbocycles. The second kappa shape index (κ2) is 6.93. The van der Waals surface area contributed by atoms with Gasteiger partial charge in [0.25, 0.3) is 0 Å². The SMILES string of the molecule is COc1cc(/C=C/C(=O)c2cccc(Cl)c2)cc([N+](=O)[O-])c1O. The largest absolute Gasteiger partial charge is 0.500 e. The first kappa shape index (κ1) is 16.5. The van der Waals surface area contributed by atoms with Crippen molar-refractivity contribution in [1.82, 2.24) is 0 Å². The molecule has 0 heterocycles. The summed E-state index contributed by atoms with van der Waals surface area (Å²) in [6.07, 6.45) is 2.67. The Labute approximate surface area is 136 Å². The van der Waals surface area contributed by atoms with Gasteiger partial charge in [0, 0.05) is 16.7 Å². The van der Waals surface area contributed by atoms with E-state index >= 15 is 0 Å². The van der Waals surface area contributed by atoms with E-state index in [4.69, 9.17) is 16.3 Å². The maximum absolute atomic E-state index is 12.1. The van der Waals surface area contributed by atoms with Crippen LogP contribution in [0.5, 0.6) is 11.5 Å². The van der Waals surface area contributed by atoms with Gasteiger partial charge in [0.15, 0.2) is 11.5 Å². The maximum atomic E-state index is 12.1. The molecule has 0 atom stereocenters. The first-order chi connectivity index (χ1) is 10.9. The number of benzene rings is 2. The van der Waals surface area contributed by atoms with Crippen molar-refractivity contribution in [2.45, 2.75) is 0 Å². The summed E-state index contributed by atoms with van der Waals surface area (Å²) >= 11 is 5.82. The van der Waals surface area contributed by atoms with Crippen LogP contribution in [0, 0.1) is 10.1 Å². The number of phenols is 1.